The van der Waals surface area contributed by atoms with Crippen molar-refractivity contribution in [2.45, 2.75) is 68.2 Å². The number of hydrogen-bond donors (Lipinski definition) is 0. The summed E-state index contributed by atoms with van der Waals surface area (Å²) in [7, 11) is 0. The molecule has 0 saturated heterocycles. The Morgan fingerprint density at radius 3 is 0.722 bits per heavy atom. The van der Waals surface area contributed by atoms with Crippen LogP contribution in [0.3, 0.4) is 0 Å². The molecule has 4 unspecified atom stereocenters. The van der Waals surface area contributed by atoms with E-state index in [0.717, 1.165) is 47.3 Å². The Morgan fingerprint density at radius 1 is 0.444 bits per heavy atom. The molecule has 0 aromatic heterocycles. The third-order valence-corrected chi connectivity index (χ3v) is 5.61. The summed E-state index contributed by atoms with van der Waals surface area (Å²) in [6, 6.07) is 0. The van der Waals surface area contributed by atoms with Gasteiger partial charge in [-0.15, -0.1) is 0 Å². The lowest BCUT2D eigenvalue weighted by Gasteiger charge is -2.48. The van der Waals surface area contributed by atoms with Crippen LogP contribution < -0.4 is 0 Å². The molecule has 0 aromatic carbocycles. The van der Waals surface area contributed by atoms with Crippen molar-refractivity contribution >= 4 is 0 Å². The van der Waals surface area contributed by atoms with E-state index in [1.54, 1.807) is 0 Å². The Bertz CT molecular complexity index is 186. The molecule has 1 saturated carbocycles. The van der Waals surface area contributed by atoms with Crippen LogP contribution in [0, 0.1) is 47.3 Å². The maximum Gasteiger partial charge on any atom is -0.0357 e. The van der Waals surface area contributed by atoms with E-state index in [9.17, 15) is 0 Å². The predicted molar refractivity (Wildman–Crippen MR) is 82.5 cm³/mol. The largest absolute Gasteiger partial charge is 0.0625 e. The first-order chi connectivity index (χ1) is 8.25. The third-order valence-electron chi connectivity index (χ3n) is 5.61. The lowest BCUT2D eigenvalue weighted by atomic mass is 9.57. The van der Waals surface area contributed by atoms with Gasteiger partial charge in [-0.1, -0.05) is 55.4 Å². The average Bonchev–Trinajstić information content (AvgIpc) is 2.26. The first kappa shape index (κ1) is 16.1. The molecule has 4 atom stereocenters. The molecule has 0 aromatic rings. The van der Waals surface area contributed by atoms with Gasteiger partial charge < -0.3 is 0 Å². The van der Waals surface area contributed by atoms with Crippen LogP contribution in [0.15, 0.2) is 0 Å². The fraction of sp³-hybridized carbons (Fsp3) is 1.00. The smallest absolute Gasteiger partial charge is 0.0357 e. The van der Waals surface area contributed by atoms with Crippen LogP contribution in [0.4, 0.5) is 0 Å². The minimum atomic E-state index is 0.853. The van der Waals surface area contributed by atoms with E-state index in [0.29, 0.717) is 0 Å². The SMILES string of the molecule is CC(C)C1CC(C(C)C)C(C(C)C)CC1C(C)C. The Morgan fingerprint density at radius 2 is 0.611 bits per heavy atom. The zero-order valence-electron chi connectivity index (χ0n) is 14.0. The van der Waals surface area contributed by atoms with Crippen molar-refractivity contribution in [1.29, 1.82) is 0 Å². The van der Waals surface area contributed by atoms with Gasteiger partial charge in [-0.2, -0.15) is 0 Å². The first-order valence-corrected chi connectivity index (χ1v) is 8.25. The molecule has 0 bridgehead atoms. The van der Waals surface area contributed by atoms with Gasteiger partial charge in [0.15, 0.2) is 0 Å². The fourth-order valence-corrected chi connectivity index (χ4v) is 4.39. The van der Waals surface area contributed by atoms with Crippen molar-refractivity contribution in [3.05, 3.63) is 0 Å². The summed E-state index contributed by atoms with van der Waals surface area (Å²) in [4.78, 5) is 0. The zero-order chi connectivity index (χ0) is 14.0. The van der Waals surface area contributed by atoms with E-state index in [-0.39, 0.29) is 0 Å². The second-order valence-electron chi connectivity index (χ2n) is 8.10. The Kier molecular flexibility index (Phi) is 5.74. The molecule has 0 amide bonds. The van der Waals surface area contributed by atoms with Crippen LogP contribution in [0.25, 0.3) is 0 Å². The molecule has 108 valence electrons. The van der Waals surface area contributed by atoms with Crippen LogP contribution in [-0.2, 0) is 0 Å². The minimum Gasteiger partial charge on any atom is -0.0625 e. The maximum absolute atomic E-state index is 2.44. The lowest BCUT2D eigenvalue weighted by molar-refractivity contribution is 0.0135. The van der Waals surface area contributed by atoms with Crippen molar-refractivity contribution in [1.82, 2.24) is 0 Å². The van der Waals surface area contributed by atoms with Crippen molar-refractivity contribution in [3.8, 4) is 0 Å². The highest BCUT2D eigenvalue weighted by Gasteiger charge is 2.41. The molecule has 0 nitrogen and oxygen atoms in total. The normalized spacial score (nSPS) is 34.0. The summed E-state index contributed by atoms with van der Waals surface area (Å²) in [5.41, 5.74) is 0. The van der Waals surface area contributed by atoms with Crippen LogP contribution in [0.5, 0.6) is 0 Å². The van der Waals surface area contributed by atoms with Gasteiger partial charge in [0.1, 0.15) is 0 Å². The topological polar surface area (TPSA) is 0 Å². The third kappa shape index (κ3) is 3.52. The van der Waals surface area contributed by atoms with Crippen molar-refractivity contribution in [2.24, 2.45) is 47.3 Å². The highest BCUT2D eigenvalue weighted by atomic mass is 14.5. The molecule has 18 heavy (non-hydrogen) atoms. The van der Waals surface area contributed by atoms with E-state index in [2.05, 4.69) is 55.4 Å². The van der Waals surface area contributed by atoms with Gasteiger partial charge in [-0.05, 0) is 60.2 Å². The molecule has 0 spiro atoms. The van der Waals surface area contributed by atoms with Gasteiger partial charge >= 0.3 is 0 Å². The Hall–Kier alpha value is 0. The molecular weight excluding hydrogens is 216 g/mol. The van der Waals surface area contributed by atoms with E-state index in [4.69, 9.17) is 0 Å². The molecule has 0 heterocycles. The molecule has 0 heteroatoms. The van der Waals surface area contributed by atoms with Gasteiger partial charge in [0.05, 0.1) is 0 Å². The van der Waals surface area contributed by atoms with Gasteiger partial charge in [-0.25, -0.2) is 0 Å². The second kappa shape index (κ2) is 6.44. The van der Waals surface area contributed by atoms with Gasteiger partial charge in [0.25, 0.3) is 0 Å². The summed E-state index contributed by atoms with van der Waals surface area (Å²) in [6.45, 7) is 19.5. The van der Waals surface area contributed by atoms with Gasteiger partial charge in [0, 0.05) is 0 Å². The standard InChI is InChI=1S/C18H36/c1-11(2)15-9-17(13(5)6)18(14(7)8)10-16(15)12(3)4/h11-18H,9-10H2,1-8H3. The van der Waals surface area contributed by atoms with Crippen molar-refractivity contribution < 1.29 is 0 Å². The molecule has 0 N–H and O–H groups in total. The Balaban J connectivity index is 2.91. The highest BCUT2D eigenvalue weighted by Crippen LogP contribution is 2.49. The zero-order valence-corrected chi connectivity index (χ0v) is 14.0. The molecule has 1 rings (SSSR count). The monoisotopic (exact) mass is 252 g/mol. The molecule has 1 aliphatic carbocycles. The number of rotatable bonds is 4. The molecule has 0 aliphatic heterocycles. The summed E-state index contributed by atoms with van der Waals surface area (Å²) >= 11 is 0. The summed E-state index contributed by atoms with van der Waals surface area (Å²) in [5, 5.41) is 0. The summed E-state index contributed by atoms with van der Waals surface area (Å²) in [6.07, 6.45) is 2.95. The molecule has 1 aliphatic rings. The van der Waals surface area contributed by atoms with Gasteiger partial charge in [0.2, 0.25) is 0 Å². The molecule has 1 fully saturated rings. The second-order valence-corrected chi connectivity index (χ2v) is 8.10. The van der Waals surface area contributed by atoms with Crippen LogP contribution in [0.2, 0.25) is 0 Å². The van der Waals surface area contributed by atoms with Crippen molar-refractivity contribution in [2.75, 3.05) is 0 Å². The lowest BCUT2D eigenvalue weighted by Crippen LogP contribution is -2.40. The first-order valence-electron chi connectivity index (χ1n) is 8.25. The van der Waals surface area contributed by atoms with Crippen molar-refractivity contribution in [3.63, 3.8) is 0 Å². The quantitative estimate of drug-likeness (QED) is 0.587. The predicted octanol–water partition coefficient (Wildman–Crippen LogP) is 5.87. The maximum atomic E-state index is 2.44. The molecular formula is C18H36. The van der Waals surface area contributed by atoms with Crippen LogP contribution in [-0.4, -0.2) is 0 Å². The summed E-state index contributed by atoms with van der Waals surface area (Å²) in [5.74, 6) is 7.22. The minimum absolute atomic E-state index is 0.853. The fourth-order valence-electron chi connectivity index (χ4n) is 4.39. The highest BCUT2D eigenvalue weighted by molar-refractivity contribution is 4.90. The average molecular weight is 252 g/mol. The molecule has 0 radical (unpaired) electrons. The van der Waals surface area contributed by atoms with E-state index >= 15 is 0 Å². The number of hydrogen-bond acceptors (Lipinski definition) is 0. The van der Waals surface area contributed by atoms with Gasteiger partial charge in [-0.3, -0.25) is 0 Å². The Labute approximate surface area is 116 Å². The van der Waals surface area contributed by atoms with E-state index < -0.39 is 0 Å². The van der Waals surface area contributed by atoms with E-state index in [1.807, 2.05) is 0 Å². The van der Waals surface area contributed by atoms with Crippen LogP contribution >= 0.6 is 0 Å². The van der Waals surface area contributed by atoms with Crippen LogP contribution in [0.1, 0.15) is 68.2 Å². The summed E-state index contributed by atoms with van der Waals surface area (Å²) < 4.78 is 0. The van der Waals surface area contributed by atoms with E-state index in [1.165, 1.54) is 12.8 Å².